The van der Waals surface area contributed by atoms with Crippen molar-refractivity contribution in [2.24, 2.45) is 5.92 Å². The SMILES string of the molecule is C=CCOc1ccc(NC(=O)C2CCN(S(=O)(=O)Cc3ccc(Cl)cc3)CC2)cc1. The van der Waals surface area contributed by atoms with Crippen molar-refractivity contribution in [3.05, 3.63) is 71.8 Å². The predicted octanol–water partition coefficient (Wildman–Crippen LogP) is 4.09. The topological polar surface area (TPSA) is 75.7 Å². The number of ether oxygens (including phenoxy) is 1. The third-order valence-corrected chi connectivity index (χ3v) is 7.07. The van der Waals surface area contributed by atoms with E-state index in [-0.39, 0.29) is 17.6 Å². The summed E-state index contributed by atoms with van der Waals surface area (Å²) < 4.78 is 32.3. The second kappa shape index (κ2) is 10.1. The first-order valence-corrected chi connectivity index (χ1v) is 11.7. The number of rotatable bonds is 8. The zero-order valence-electron chi connectivity index (χ0n) is 16.6. The molecule has 1 aliphatic rings. The van der Waals surface area contributed by atoms with E-state index >= 15 is 0 Å². The molecule has 1 aliphatic heterocycles. The van der Waals surface area contributed by atoms with E-state index in [1.165, 1.54) is 4.31 Å². The van der Waals surface area contributed by atoms with Crippen molar-refractivity contribution in [1.82, 2.24) is 4.31 Å². The van der Waals surface area contributed by atoms with Gasteiger partial charge in [0.1, 0.15) is 12.4 Å². The number of nitrogens with one attached hydrogen (secondary N) is 1. The van der Waals surface area contributed by atoms with Crippen LogP contribution < -0.4 is 10.1 Å². The molecule has 0 spiro atoms. The lowest BCUT2D eigenvalue weighted by Gasteiger charge is -2.30. The number of nitrogens with zero attached hydrogens (tertiary/aromatic N) is 1. The van der Waals surface area contributed by atoms with Gasteiger partial charge in [0.2, 0.25) is 15.9 Å². The number of benzene rings is 2. The molecule has 2 aromatic carbocycles. The molecule has 160 valence electrons. The largest absolute Gasteiger partial charge is 0.490 e. The predicted molar refractivity (Wildman–Crippen MR) is 119 cm³/mol. The van der Waals surface area contributed by atoms with Crippen molar-refractivity contribution in [3.8, 4) is 5.75 Å². The molecule has 0 unspecified atom stereocenters. The van der Waals surface area contributed by atoms with Crippen LogP contribution >= 0.6 is 11.6 Å². The van der Waals surface area contributed by atoms with Gasteiger partial charge < -0.3 is 10.1 Å². The monoisotopic (exact) mass is 448 g/mol. The van der Waals surface area contributed by atoms with Gasteiger partial charge in [-0.1, -0.05) is 36.4 Å². The van der Waals surface area contributed by atoms with Crippen molar-refractivity contribution in [3.63, 3.8) is 0 Å². The quantitative estimate of drug-likeness (QED) is 0.617. The molecule has 30 heavy (non-hydrogen) atoms. The average Bonchev–Trinajstić information content (AvgIpc) is 2.75. The van der Waals surface area contributed by atoms with Gasteiger partial charge in [0.05, 0.1) is 5.75 Å². The van der Waals surface area contributed by atoms with Crippen LogP contribution in [0.2, 0.25) is 5.02 Å². The van der Waals surface area contributed by atoms with Gasteiger partial charge in [-0.05, 0) is 54.8 Å². The highest BCUT2D eigenvalue weighted by molar-refractivity contribution is 7.88. The summed E-state index contributed by atoms with van der Waals surface area (Å²) in [5, 5.41) is 3.47. The van der Waals surface area contributed by atoms with E-state index in [4.69, 9.17) is 16.3 Å². The smallest absolute Gasteiger partial charge is 0.227 e. The minimum Gasteiger partial charge on any atom is -0.490 e. The van der Waals surface area contributed by atoms with E-state index in [1.807, 2.05) is 0 Å². The van der Waals surface area contributed by atoms with Crippen molar-refractivity contribution in [1.29, 1.82) is 0 Å². The Balaban J connectivity index is 1.51. The van der Waals surface area contributed by atoms with Gasteiger partial charge in [-0.2, -0.15) is 0 Å². The molecular weight excluding hydrogens is 424 g/mol. The van der Waals surface area contributed by atoms with Gasteiger partial charge >= 0.3 is 0 Å². The standard InChI is InChI=1S/C22H25ClN2O4S/c1-2-15-29-21-9-7-20(8-10-21)24-22(26)18-11-13-25(14-12-18)30(27,28)16-17-3-5-19(23)6-4-17/h2-10,18H,1,11-16H2,(H,24,26). The number of carbonyl (C=O) groups is 1. The summed E-state index contributed by atoms with van der Waals surface area (Å²) in [5.41, 5.74) is 1.38. The lowest BCUT2D eigenvalue weighted by molar-refractivity contribution is -0.120. The highest BCUT2D eigenvalue weighted by Gasteiger charge is 2.31. The van der Waals surface area contributed by atoms with Crippen molar-refractivity contribution in [2.75, 3.05) is 25.0 Å². The summed E-state index contributed by atoms with van der Waals surface area (Å²) in [4.78, 5) is 12.6. The zero-order valence-corrected chi connectivity index (χ0v) is 18.2. The molecule has 8 heteroatoms. The molecule has 0 saturated carbocycles. The van der Waals surface area contributed by atoms with E-state index in [9.17, 15) is 13.2 Å². The van der Waals surface area contributed by atoms with Crippen LogP contribution in [0.25, 0.3) is 0 Å². The molecule has 3 rings (SSSR count). The highest BCUT2D eigenvalue weighted by atomic mass is 35.5. The van der Waals surface area contributed by atoms with Crippen molar-refractivity contribution >= 4 is 33.2 Å². The molecule has 1 saturated heterocycles. The van der Waals surface area contributed by atoms with Crippen molar-refractivity contribution < 1.29 is 17.9 Å². The fourth-order valence-corrected chi connectivity index (χ4v) is 5.00. The van der Waals surface area contributed by atoms with Gasteiger partial charge in [-0.25, -0.2) is 12.7 Å². The molecule has 0 bridgehead atoms. The van der Waals surface area contributed by atoms with Gasteiger partial charge in [0, 0.05) is 29.7 Å². The normalized spacial score (nSPS) is 15.5. The Morgan fingerprint density at radius 3 is 2.37 bits per heavy atom. The number of amides is 1. The minimum atomic E-state index is -3.43. The highest BCUT2D eigenvalue weighted by Crippen LogP contribution is 2.24. The Morgan fingerprint density at radius 2 is 1.77 bits per heavy atom. The summed E-state index contributed by atoms with van der Waals surface area (Å²) in [5.74, 6) is 0.321. The van der Waals surface area contributed by atoms with Crippen LogP contribution in [0, 0.1) is 5.92 Å². The number of sulfonamides is 1. The maximum Gasteiger partial charge on any atom is 0.227 e. The number of hydrogen-bond acceptors (Lipinski definition) is 4. The Bertz CT molecular complexity index is 967. The van der Waals surface area contributed by atoms with Gasteiger partial charge in [0.25, 0.3) is 0 Å². The first kappa shape index (κ1) is 22.3. The maximum atomic E-state index is 12.7. The first-order chi connectivity index (χ1) is 14.4. The molecule has 1 heterocycles. The van der Waals surface area contributed by atoms with Crippen LogP contribution in [-0.4, -0.2) is 38.3 Å². The van der Waals surface area contributed by atoms with Crippen molar-refractivity contribution in [2.45, 2.75) is 18.6 Å². The van der Waals surface area contributed by atoms with Crippen LogP contribution in [0.15, 0.2) is 61.2 Å². The first-order valence-electron chi connectivity index (χ1n) is 9.74. The molecule has 2 aromatic rings. The molecule has 0 aliphatic carbocycles. The van der Waals surface area contributed by atoms with Crippen LogP contribution in [0.1, 0.15) is 18.4 Å². The summed E-state index contributed by atoms with van der Waals surface area (Å²) >= 11 is 5.86. The number of halogens is 1. The fraction of sp³-hybridized carbons (Fsp3) is 0.318. The molecular formula is C22H25ClN2O4S. The van der Waals surface area contributed by atoms with E-state index in [0.717, 1.165) is 0 Å². The van der Waals surface area contributed by atoms with Crippen LogP contribution in [0.5, 0.6) is 5.75 Å². The Hall–Kier alpha value is -2.35. The molecule has 1 amide bonds. The molecule has 1 fully saturated rings. The summed E-state index contributed by atoms with van der Waals surface area (Å²) in [6.45, 7) is 4.69. The third-order valence-electron chi connectivity index (χ3n) is 4.97. The Morgan fingerprint density at radius 1 is 1.13 bits per heavy atom. The number of anilines is 1. The number of carbonyl (C=O) groups excluding carboxylic acids is 1. The van der Waals surface area contributed by atoms with Gasteiger partial charge in [-0.15, -0.1) is 0 Å². The molecule has 6 nitrogen and oxygen atoms in total. The van der Waals surface area contributed by atoms with E-state index in [1.54, 1.807) is 54.6 Å². The second-order valence-electron chi connectivity index (χ2n) is 7.17. The number of hydrogen-bond donors (Lipinski definition) is 1. The summed E-state index contributed by atoms with van der Waals surface area (Å²) in [7, 11) is -3.43. The molecule has 0 atom stereocenters. The summed E-state index contributed by atoms with van der Waals surface area (Å²) in [6.07, 6.45) is 2.65. The average molecular weight is 449 g/mol. The lowest BCUT2D eigenvalue weighted by Crippen LogP contribution is -2.41. The Kier molecular flexibility index (Phi) is 7.53. The van der Waals surface area contributed by atoms with E-state index in [2.05, 4.69) is 11.9 Å². The third kappa shape index (κ3) is 6.08. The zero-order chi connectivity index (χ0) is 21.6. The van der Waals surface area contributed by atoms with Crippen LogP contribution in [-0.2, 0) is 20.6 Å². The second-order valence-corrected chi connectivity index (χ2v) is 9.57. The fourth-order valence-electron chi connectivity index (χ4n) is 3.31. The Labute approximate surface area is 182 Å². The molecule has 1 N–H and O–H groups in total. The van der Waals surface area contributed by atoms with Gasteiger partial charge in [-0.3, -0.25) is 4.79 Å². The van der Waals surface area contributed by atoms with E-state index < -0.39 is 10.0 Å². The van der Waals surface area contributed by atoms with E-state index in [0.29, 0.717) is 54.6 Å². The summed E-state index contributed by atoms with van der Waals surface area (Å²) in [6, 6.07) is 13.9. The number of piperidine rings is 1. The van der Waals surface area contributed by atoms with Gasteiger partial charge in [0.15, 0.2) is 0 Å². The maximum absolute atomic E-state index is 12.7. The molecule has 0 aromatic heterocycles. The molecule has 0 radical (unpaired) electrons. The minimum absolute atomic E-state index is 0.0681. The lowest BCUT2D eigenvalue weighted by atomic mass is 9.97. The van der Waals surface area contributed by atoms with Crippen LogP contribution in [0.4, 0.5) is 5.69 Å². The van der Waals surface area contributed by atoms with Crippen LogP contribution in [0.3, 0.4) is 0 Å².